The number of halogens is 1. The SMILES string of the molecule is CC(=O)OC[C@@H]1O[C@@H](SCCOc2ccc(Br)cc2)[C@@H](OC(C)=O)[C@@H](OC(C)=O)[C@@H]1OC(C)=O. The molecule has 1 aromatic carbocycles. The van der Waals surface area contributed by atoms with Crippen molar-refractivity contribution in [1.29, 1.82) is 0 Å². The summed E-state index contributed by atoms with van der Waals surface area (Å²) in [6.45, 7) is 4.83. The first kappa shape index (κ1) is 27.9. The number of thioether (sulfide) groups is 1. The third-order valence-electron chi connectivity index (χ3n) is 4.40. The number of ether oxygens (including phenoxy) is 6. The van der Waals surface area contributed by atoms with Gasteiger partial charge in [0, 0.05) is 37.9 Å². The molecule has 34 heavy (non-hydrogen) atoms. The van der Waals surface area contributed by atoms with Crippen molar-refractivity contribution in [3.8, 4) is 5.75 Å². The van der Waals surface area contributed by atoms with Gasteiger partial charge < -0.3 is 28.4 Å². The zero-order chi connectivity index (χ0) is 25.3. The molecule has 0 N–H and O–H groups in total. The third kappa shape index (κ3) is 9.15. The van der Waals surface area contributed by atoms with Crippen LogP contribution in [0, 0.1) is 0 Å². The van der Waals surface area contributed by atoms with Gasteiger partial charge in [-0.25, -0.2) is 0 Å². The number of carbonyl (C=O) groups is 4. The molecule has 1 aliphatic heterocycles. The smallest absolute Gasteiger partial charge is 0.303 e. The molecule has 10 nitrogen and oxygen atoms in total. The van der Waals surface area contributed by atoms with Gasteiger partial charge in [0.1, 0.15) is 23.9 Å². The van der Waals surface area contributed by atoms with E-state index in [1.165, 1.54) is 39.5 Å². The maximum absolute atomic E-state index is 11.8. The van der Waals surface area contributed by atoms with Crippen LogP contribution in [0.1, 0.15) is 27.7 Å². The lowest BCUT2D eigenvalue weighted by Crippen LogP contribution is -2.61. The Morgan fingerprint density at radius 1 is 0.853 bits per heavy atom. The van der Waals surface area contributed by atoms with Gasteiger partial charge in [-0.3, -0.25) is 19.2 Å². The lowest BCUT2D eigenvalue weighted by Gasteiger charge is -2.44. The second-order valence-electron chi connectivity index (χ2n) is 7.24. The number of carbonyl (C=O) groups excluding carboxylic acids is 4. The maximum Gasteiger partial charge on any atom is 0.303 e. The van der Waals surface area contributed by atoms with Crippen molar-refractivity contribution in [2.24, 2.45) is 0 Å². The van der Waals surface area contributed by atoms with E-state index in [0.29, 0.717) is 18.1 Å². The third-order valence-corrected chi connectivity index (χ3v) is 6.03. The van der Waals surface area contributed by atoms with Gasteiger partial charge in [0.25, 0.3) is 0 Å². The van der Waals surface area contributed by atoms with Crippen LogP contribution in [0.3, 0.4) is 0 Å². The minimum absolute atomic E-state index is 0.260. The Labute approximate surface area is 210 Å². The predicted molar refractivity (Wildman–Crippen MR) is 124 cm³/mol. The van der Waals surface area contributed by atoms with Crippen LogP contribution in [0.15, 0.2) is 28.7 Å². The van der Waals surface area contributed by atoms with E-state index in [0.717, 1.165) is 4.47 Å². The largest absolute Gasteiger partial charge is 0.493 e. The molecule has 1 aromatic rings. The quantitative estimate of drug-likeness (QED) is 0.237. The molecule has 0 saturated carbocycles. The Bertz CT molecular complexity index is 862. The summed E-state index contributed by atoms with van der Waals surface area (Å²) in [5.41, 5.74) is -0.825. The molecule has 0 spiro atoms. The van der Waals surface area contributed by atoms with Crippen molar-refractivity contribution >= 4 is 51.6 Å². The van der Waals surface area contributed by atoms with Crippen molar-refractivity contribution in [3.63, 3.8) is 0 Å². The zero-order valence-electron chi connectivity index (χ0n) is 19.2. The molecule has 1 fully saturated rings. The first-order chi connectivity index (χ1) is 16.1. The minimum atomic E-state index is -1.18. The van der Waals surface area contributed by atoms with Gasteiger partial charge in [0.2, 0.25) is 0 Å². The summed E-state index contributed by atoms with van der Waals surface area (Å²) >= 11 is 4.61. The Balaban J connectivity index is 2.20. The molecule has 1 saturated heterocycles. The molecular formula is C22H27BrO10S. The first-order valence-corrected chi connectivity index (χ1v) is 12.2. The molecule has 0 radical (unpaired) electrons. The van der Waals surface area contributed by atoms with Gasteiger partial charge in [-0.2, -0.15) is 0 Å². The fraction of sp³-hybridized carbons (Fsp3) is 0.545. The summed E-state index contributed by atoms with van der Waals surface area (Å²) in [6.07, 6.45) is -4.39. The summed E-state index contributed by atoms with van der Waals surface area (Å²) in [4.78, 5) is 46.8. The second-order valence-corrected chi connectivity index (χ2v) is 9.36. The molecule has 2 rings (SSSR count). The first-order valence-electron chi connectivity index (χ1n) is 10.4. The van der Waals surface area contributed by atoms with E-state index >= 15 is 0 Å². The summed E-state index contributed by atoms with van der Waals surface area (Å²) in [5.74, 6) is -1.45. The molecular weight excluding hydrogens is 536 g/mol. The topological polar surface area (TPSA) is 124 Å². The average molecular weight is 563 g/mol. The van der Waals surface area contributed by atoms with Gasteiger partial charge in [-0.05, 0) is 24.3 Å². The van der Waals surface area contributed by atoms with Crippen LogP contribution in [-0.2, 0) is 42.9 Å². The Morgan fingerprint density at radius 2 is 1.41 bits per heavy atom. The monoisotopic (exact) mass is 562 g/mol. The summed E-state index contributed by atoms with van der Waals surface area (Å²) in [7, 11) is 0. The van der Waals surface area contributed by atoms with E-state index in [2.05, 4.69) is 15.9 Å². The molecule has 0 amide bonds. The van der Waals surface area contributed by atoms with Crippen LogP contribution in [-0.4, -0.2) is 72.7 Å². The highest BCUT2D eigenvalue weighted by Crippen LogP contribution is 2.34. The molecule has 188 valence electrons. The highest BCUT2D eigenvalue weighted by Gasteiger charge is 2.52. The van der Waals surface area contributed by atoms with Crippen molar-refractivity contribution in [2.45, 2.75) is 57.5 Å². The molecule has 1 heterocycles. The Hall–Kier alpha value is -2.31. The Morgan fingerprint density at radius 3 is 1.97 bits per heavy atom. The number of hydrogen-bond acceptors (Lipinski definition) is 11. The average Bonchev–Trinajstić information content (AvgIpc) is 2.74. The molecule has 5 atom stereocenters. The van der Waals surface area contributed by atoms with E-state index in [1.54, 1.807) is 0 Å². The standard InChI is InChI=1S/C22H27BrO10S/c1-12(24)29-11-18-19(30-13(2)25)20(31-14(3)26)21(32-15(4)27)22(33-18)34-10-9-28-17-7-5-16(23)6-8-17/h5-8,18-22H,9-11H2,1-4H3/t18-,19+,20-,21-,22-/m0/s1. The van der Waals surface area contributed by atoms with Crippen molar-refractivity contribution in [1.82, 2.24) is 0 Å². The van der Waals surface area contributed by atoms with Crippen LogP contribution in [0.2, 0.25) is 0 Å². The molecule has 0 bridgehead atoms. The molecule has 1 aliphatic rings. The van der Waals surface area contributed by atoms with Crippen LogP contribution in [0.5, 0.6) is 5.75 Å². The molecule has 0 aliphatic carbocycles. The fourth-order valence-corrected chi connectivity index (χ4v) is 4.48. The highest BCUT2D eigenvalue weighted by molar-refractivity contribution is 9.10. The highest BCUT2D eigenvalue weighted by atomic mass is 79.9. The van der Waals surface area contributed by atoms with E-state index in [4.69, 9.17) is 28.4 Å². The van der Waals surface area contributed by atoms with E-state index < -0.39 is 53.7 Å². The van der Waals surface area contributed by atoms with Crippen molar-refractivity contribution in [3.05, 3.63) is 28.7 Å². The maximum atomic E-state index is 11.8. The number of rotatable bonds is 10. The van der Waals surface area contributed by atoms with Crippen LogP contribution < -0.4 is 4.74 Å². The van der Waals surface area contributed by atoms with Crippen LogP contribution in [0.25, 0.3) is 0 Å². The van der Waals surface area contributed by atoms with Crippen molar-refractivity contribution < 1.29 is 47.6 Å². The lowest BCUT2D eigenvalue weighted by atomic mass is 9.99. The van der Waals surface area contributed by atoms with Crippen LogP contribution in [0.4, 0.5) is 0 Å². The van der Waals surface area contributed by atoms with E-state index in [-0.39, 0.29) is 6.61 Å². The van der Waals surface area contributed by atoms with E-state index in [1.807, 2.05) is 24.3 Å². The molecule has 0 aromatic heterocycles. The fourth-order valence-electron chi connectivity index (χ4n) is 3.18. The minimum Gasteiger partial charge on any atom is -0.493 e. The van der Waals surface area contributed by atoms with Gasteiger partial charge in [-0.15, -0.1) is 11.8 Å². The Kier molecular flexibility index (Phi) is 11.1. The van der Waals surface area contributed by atoms with Gasteiger partial charge in [0.05, 0.1) is 6.61 Å². The number of hydrogen-bond donors (Lipinski definition) is 0. The predicted octanol–water partition coefficient (Wildman–Crippen LogP) is 2.64. The van der Waals surface area contributed by atoms with Crippen LogP contribution >= 0.6 is 27.7 Å². The number of benzene rings is 1. The van der Waals surface area contributed by atoms with Gasteiger partial charge >= 0.3 is 23.9 Å². The normalized spacial score (nSPS) is 24.0. The summed E-state index contributed by atoms with van der Waals surface area (Å²) in [5, 5.41) is 0. The number of esters is 4. The molecule has 12 heteroatoms. The lowest BCUT2D eigenvalue weighted by molar-refractivity contribution is -0.237. The van der Waals surface area contributed by atoms with Gasteiger partial charge in [-0.1, -0.05) is 15.9 Å². The molecule has 0 unspecified atom stereocenters. The summed E-state index contributed by atoms with van der Waals surface area (Å²) in [6, 6.07) is 7.32. The van der Waals surface area contributed by atoms with Crippen molar-refractivity contribution in [2.75, 3.05) is 19.0 Å². The second kappa shape index (κ2) is 13.5. The van der Waals surface area contributed by atoms with E-state index in [9.17, 15) is 19.2 Å². The van der Waals surface area contributed by atoms with Gasteiger partial charge in [0.15, 0.2) is 18.3 Å². The zero-order valence-corrected chi connectivity index (χ0v) is 21.6. The summed E-state index contributed by atoms with van der Waals surface area (Å²) < 4.78 is 33.9.